The molecule has 1 amide bonds. The lowest BCUT2D eigenvalue weighted by Gasteiger charge is -2.27. The standard InChI is InChI=1S/C31H38N6O4S/c1-5-36(6-2)20-21-37(42(39,40)26-10-8-7-9-11-26)25-17-18-28-27(22-25)33-29(35(28)3)19-14-23-12-15-24(16-13-23)30(32)34-31(38)41-4/h7-13,15-18,22H,5-6,14,19-21H2,1-4H3,(H2,32,34,38). The van der Waals surface area contributed by atoms with Gasteiger partial charge in [-0.25, -0.2) is 18.2 Å². The summed E-state index contributed by atoms with van der Waals surface area (Å²) >= 11 is 0. The number of benzene rings is 3. The van der Waals surface area contributed by atoms with E-state index in [1.54, 1.807) is 24.3 Å². The summed E-state index contributed by atoms with van der Waals surface area (Å²) in [5.41, 5.74) is 9.85. The number of carbonyl (C=O) groups excluding carboxylic acids is 1. The van der Waals surface area contributed by atoms with E-state index in [-0.39, 0.29) is 10.7 Å². The maximum Gasteiger partial charge on any atom is 0.435 e. The molecule has 0 fully saturated rings. The molecular formula is C31H38N6O4S. The van der Waals surface area contributed by atoms with E-state index in [4.69, 9.17) is 10.7 Å². The fourth-order valence-corrected chi connectivity index (χ4v) is 6.27. The lowest BCUT2D eigenvalue weighted by atomic mass is 10.1. The number of methoxy groups -OCH3 is 1. The molecular weight excluding hydrogens is 552 g/mol. The summed E-state index contributed by atoms with van der Waals surface area (Å²) in [6, 6.07) is 21.7. The molecule has 3 aromatic carbocycles. The molecule has 0 bridgehead atoms. The second-order valence-electron chi connectivity index (χ2n) is 9.84. The first kappa shape index (κ1) is 30.7. The quantitative estimate of drug-likeness (QED) is 0.192. The van der Waals surface area contributed by atoms with Crippen LogP contribution in [0.25, 0.3) is 11.0 Å². The Morgan fingerprint density at radius 2 is 1.67 bits per heavy atom. The van der Waals surface area contributed by atoms with Crippen molar-refractivity contribution in [2.45, 2.75) is 31.6 Å². The van der Waals surface area contributed by atoms with Crippen LogP contribution in [-0.4, -0.2) is 68.1 Å². The molecule has 0 radical (unpaired) electrons. The Bertz CT molecular complexity index is 1650. The molecule has 0 aliphatic rings. The molecule has 42 heavy (non-hydrogen) atoms. The van der Waals surface area contributed by atoms with E-state index in [2.05, 4.69) is 28.5 Å². The topological polar surface area (TPSA) is 123 Å². The van der Waals surface area contributed by atoms with E-state index in [1.165, 1.54) is 11.4 Å². The first-order valence-electron chi connectivity index (χ1n) is 13.9. The Hall–Kier alpha value is -4.22. The molecule has 0 atom stereocenters. The number of carbonyl (C=O) groups is 1. The van der Waals surface area contributed by atoms with E-state index in [9.17, 15) is 13.2 Å². The van der Waals surface area contributed by atoms with Gasteiger partial charge in [0.2, 0.25) is 0 Å². The number of rotatable bonds is 12. The van der Waals surface area contributed by atoms with E-state index >= 15 is 0 Å². The zero-order chi connectivity index (χ0) is 30.3. The van der Waals surface area contributed by atoms with Gasteiger partial charge in [-0.3, -0.25) is 4.31 Å². The predicted molar refractivity (Wildman–Crippen MR) is 166 cm³/mol. The van der Waals surface area contributed by atoms with E-state index in [0.29, 0.717) is 30.8 Å². The molecule has 10 nitrogen and oxygen atoms in total. The zero-order valence-corrected chi connectivity index (χ0v) is 25.3. The highest BCUT2D eigenvalue weighted by Crippen LogP contribution is 2.28. The van der Waals surface area contributed by atoms with Gasteiger partial charge in [-0.15, -0.1) is 0 Å². The monoisotopic (exact) mass is 590 g/mol. The summed E-state index contributed by atoms with van der Waals surface area (Å²) in [5.74, 6) is 0.985. The molecule has 0 aliphatic heterocycles. The van der Waals surface area contributed by atoms with Crippen LogP contribution in [0.3, 0.4) is 0 Å². The maximum atomic E-state index is 13.8. The first-order valence-corrected chi connectivity index (χ1v) is 15.4. The smallest absolute Gasteiger partial charge is 0.435 e. The number of hydrogen-bond donors (Lipinski definition) is 1. The van der Waals surface area contributed by atoms with Gasteiger partial charge in [0.05, 0.1) is 28.7 Å². The second kappa shape index (κ2) is 13.6. The Morgan fingerprint density at radius 1 is 0.976 bits per heavy atom. The van der Waals surface area contributed by atoms with E-state index in [0.717, 1.165) is 41.9 Å². The van der Waals surface area contributed by atoms with E-state index in [1.807, 2.05) is 60.1 Å². The lowest BCUT2D eigenvalue weighted by Crippen LogP contribution is -2.38. The number of amides is 1. The molecule has 0 unspecified atom stereocenters. The Balaban J connectivity index is 1.58. The van der Waals surface area contributed by atoms with Gasteiger partial charge in [-0.2, -0.15) is 4.99 Å². The molecule has 1 heterocycles. The van der Waals surface area contributed by atoms with Crippen LogP contribution < -0.4 is 10.0 Å². The van der Waals surface area contributed by atoms with Crippen molar-refractivity contribution < 1.29 is 17.9 Å². The summed E-state index contributed by atoms with van der Waals surface area (Å²) < 4.78 is 35.6. The molecule has 1 aromatic heterocycles. The van der Waals surface area contributed by atoms with Gasteiger partial charge < -0.3 is 19.9 Å². The Kier molecular flexibility index (Phi) is 9.97. The predicted octanol–water partition coefficient (Wildman–Crippen LogP) is 4.37. The summed E-state index contributed by atoms with van der Waals surface area (Å²) in [5, 5.41) is 0. The van der Waals surface area contributed by atoms with Gasteiger partial charge >= 0.3 is 6.09 Å². The largest absolute Gasteiger partial charge is 0.451 e. The molecule has 2 N–H and O–H groups in total. The minimum absolute atomic E-state index is 0.0972. The van der Waals surface area contributed by atoms with Crippen LogP contribution in [0.2, 0.25) is 0 Å². The van der Waals surface area contributed by atoms with Gasteiger partial charge in [0, 0.05) is 32.1 Å². The fraction of sp³-hybridized carbons (Fsp3) is 0.323. The third-order valence-electron chi connectivity index (χ3n) is 7.36. The SMILES string of the molecule is CCN(CC)CCN(c1ccc2c(c1)nc(CCc1ccc(C(N)=NC(=O)OC)cc1)n2C)S(=O)(=O)c1ccccc1. The summed E-state index contributed by atoms with van der Waals surface area (Å²) in [4.78, 5) is 22.4. The van der Waals surface area contributed by atoms with Gasteiger partial charge in [0.1, 0.15) is 11.7 Å². The molecule has 0 aliphatic carbocycles. The fourth-order valence-electron chi connectivity index (χ4n) is 4.80. The van der Waals surface area contributed by atoms with Crippen LogP contribution in [0.5, 0.6) is 0 Å². The van der Waals surface area contributed by atoms with Crippen molar-refractivity contribution in [2.75, 3.05) is 37.6 Å². The number of aromatic nitrogens is 2. The molecule has 0 saturated heterocycles. The molecule has 0 spiro atoms. The number of nitrogens with zero attached hydrogens (tertiary/aromatic N) is 5. The average Bonchev–Trinajstić information content (AvgIpc) is 3.33. The van der Waals surface area contributed by atoms with Crippen molar-refractivity contribution >= 4 is 38.7 Å². The summed E-state index contributed by atoms with van der Waals surface area (Å²) in [7, 11) is -0.555. The third kappa shape index (κ3) is 6.97. The van der Waals surface area contributed by atoms with Crippen molar-refractivity contribution in [3.8, 4) is 0 Å². The van der Waals surface area contributed by atoms with Crippen LogP contribution >= 0.6 is 0 Å². The molecule has 4 aromatic rings. The van der Waals surface area contributed by atoms with Gasteiger partial charge in [-0.1, -0.05) is 56.3 Å². The van der Waals surface area contributed by atoms with Crippen LogP contribution in [-0.2, 0) is 34.6 Å². The molecule has 222 valence electrons. The normalized spacial score (nSPS) is 12.2. The molecule has 0 saturated carbocycles. The number of anilines is 1. The number of hydrogen-bond acceptors (Lipinski definition) is 6. The van der Waals surface area contributed by atoms with Crippen molar-refractivity contribution in [3.63, 3.8) is 0 Å². The second-order valence-corrected chi connectivity index (χ2v) is 11.7. The number of amidine groups is 1. The summed E-state index contributed by atoms with van der Waals surface area (Å²) in [6.45, 7) is 6.78. The minimum Gasteiger partial charge on any atom is -0.451 e. The van der Waals surface area contributed by atoms with Crippen LogP contribution in [0.1, 0.15) is 30.8 Å². The van der Waals surface area contributed by atoms with Gasteiger partial charge in [-0.05, 0) is 55.4 Å². The number of likely N-dealkylation sites (N-methyl/N-ethyl adjacent to an activating group) is 1. The number of ether oxygens (including phenoxy) is 1. The molecule has 4 rings (SSSR count). The first-order chi connectivity index (χ1) is 20.2. The number of aliphatic imine (C=N–C) groups is 1. The van der Waals surface area contributed by atoms with Crippen LogP contribution in [0.4, 0.5) is 10.5 Å². The highest BCUT2D eigenvalue weighted by molar-refractivity contribution is 7.92. The lowest BCUT2D eigenvalue weighted by molar-refractivity contribution is 0.182. The van der Waals surface area contributed by atoms with Crippen LogP contribution in [0, 0.1) is 0 Å². The zero-order valence-electron chi connectivity index (χ0n) is 24.5. The van der Waals surface area contributed by atoms with Crippen LogP contribution in [0.15, 0.2) is 82.7 Å². The number of sulfonamides is 1. The highest BCUT2D eigenvalue weighted by Gasteiger charge is 2.26. The minimum atomic E-state index is -3.77. The average molecular weight is 591 g/mol. The van der Waals surface area contributed by atoms with Crippen molar-refractivity contribution in [3.05, 3.63) is 89.7 Å². The number of fused-ring (bicyclic) bond motifs is 1. The number of imidazole rings is 1. The van der Waals surface area contributed by atoms with Gasteiger partial charge in [0.25, 0.3) is 10.0 Å². The van der Waals surface area contributed by atoms with E-state index < -0.39 is 16.1 Å². The van der Waals surface area contributed by atoms with Crippen molar-refractivity contribution in [1.82, 2.24) is 14.5 Å². The number of aryl methyl sites for hydroxylation is 3. The summed E-state index contributed by atoms with van der Waals surface area (Å²) in [6.07, 6.45) is 0.669. The van der Waals surface area contributed by atoms with Crippen molar-refractivity contribution in [1.29, 1.82) is 0 Å². The Morgan fingerprint density at radius 3 is 2.31 bits per heavy atom. The number of nitrogens with two attached hydrogens (primary N) is 1. The van der Waals surface area contributed by atoms with Gasteiger partial charge in [0.15, 0.2) is 0 Å². The third-order valence-corrected chi connectivity index (χ3v) is 9.20. The van der Waals surface area contributed by atoms with Crippen molar-refractivity contribution in [2.24, 2.45) is 17.8 Å². The highest BCUT2D eigenvalue weighted by atomic mass is 32.2. The molecule has 11 heteroatoms. The Labute approximate surface area is 247 Å². The maximum absolute atomic E-state index is 13.8.